The van der Waals surface area contributed by atoms with Crippen LogP contribution < -0.4 is 5.32 Å². The zero-order valence-corrected chi connectivity index (χ0v) is 13.5. The molecule has 22 heavy (non-hydrogen) atoms. The molecule has 0 radical (unpaired) electrons. The fourth-order valence-corrected chi connectivity index (χ4v) is 3.69. The van der Waals surface area contributed by atoms with Crippen molar-refractivity contribution in [3.05, 3.63) is 35.0 Å². The summed E-state index contributed by atoms with van der Waals surface area (Å²) in [6.07, 6.45) is 5.50. The molecule has 2 aromatic rings. The first-order valence-electron chi connectivity index (χ1n) is 7.65. The van der Waals surface area contributed by atoms with E-state index in [1.807, 2.05) is 6.92 Å². The van der Waals surface area contributed by atoms with Crippen LogP contribution >= 0.6 is 11.3 Å². The second-order valence-corrected chi connectivity index (χ2v) is 6.55. The first-order chi connectivity index (χ1) is 10.8. The number of thiophene rings is 1. The highest BCUT2D eigenvalue weighted by molar-refractivity contribution is 7.10. The largest absolute Gasteiger partial charge is 0.352 e. The van der Waals surface area contributed by atoms with Gasteiger partial charge in [-0.1, -0.05) is 6.07 Å². The van der Waals surface area contributed by atoms with Gasteiger partial charge >= 0.3 is 0 Å². The van der Waals surface area contributed by atoms with Gasteiger partial charge in [-0.15, -0.1) is 11.3 Å². The van der Waals surface area contributed by atoms with Crippen molar-refractivity contribution in [2.45, 2.75) is 31.8 Å². The monoisotopic (exact) mass is 319 g/mol. The average molecular weight is 319 g/mol. The summed E-state index contributed by atoms with van der Waals surface area (Å²) in [4.78, 5) is 20.0. The summed E-state index contributed by atoms with van der Waals surface area (Å²) in [6.45, 7) is 4.69. The Morgan fingerprint density at radius 1 is 1.45 bits per heavy atom. The van der Waals surface area contributed by atoms with Crippen LogP contribution in [-0.2, 0) is 4.79 Å². The van der Waals surface area contributed by atoms with Crippen LogP contribution in [0.25, 0.3) is 0 Å². The highest BCUT2D eigenvalue weighted by atomic mass is 32.1. The quantitative estimate of drug-likeness (QED) is 0.883. The number of nitrogens with zero attached hydrogens (tertiary/aromatic N) is 4. The van der Waals surface area contributed by atoms with E-state index in [0.717, 1.165) is 13.1 Å². The Labute approximate surface area is 134 Å². The number of carbonyl (C=O) groups excluding carboxylic acids is 1. The predicted octanol–water partition coefficient (Wildman–Crippen LogP) is 1.85. The molecule has 0 saturated carbocycles. The molecule has 118 valence electrons. The predicted molar refractivity (Wildman–Crippen MR) is 85.6 cm³/mol. The zero-order valence-electron chi connectivity index (χ0n) is 12.7. The molecule has 3 rings (SSSR count). The fraction of sp³-hybridized carbons (Fsp3) is 0.533. The molecule has 1 aliphatic rings. The molecule has 3 heterocycles. The third-order valence-electron chi connectivity index (χ3n) is 4.14. The number of aromatic nitrogens is 3. The molecule has 2 atom stereocenters. The van der Waals surface area contributed by atoms with Gasteiger partial charge in [0.15, 0.2) is 0 Å². The number of hydrogen-bond donors (Lipinski definition) is 1. The number of likely N-dealkylation sites (tertiary alicyclic amines) is 1. The highest BCUT2D eigenvalue weighted by Crippen LogP contribution is 2.27. The minimum Gasteiger partial charge on any atom is -0.352 e. The third-order valence-corrected chi connectivity index (χ3v) is 5.11. The van der Waals surface area contributed by atoms with E-state index >= 15 is 0 Å². The second kappa shape index (κ2) is 7.02. The molecule has 7 heteroatoms. The lowest BCUT2D eigenvalue weighted by Gasteiger charge is -2.27. The Balaban J connectivity index is 1.62. The van der Waals surface area contributed by atoms with Gasteiger partial charge in [0.05, 0.1) is 6.04 Å². The lowest BCUT2D eigenvalue weighted by molar-refractivity contribution is -0.124. The summed E-state index contributed by atoms with van der Waals surface area (Å²) >= 11 is 1.76. The van der Waals surface area contributed by atoms with E-state index in [0.29, 0.717) is 6.54 Å². The maximum atomic E-state index is 12.3. The van der Waals surface area contributed by atoms with Gasteiger partial charge in [-0.2, -0.15) is 5.10 Å². The van der Waals surface area contributed by atoms with Gasteiger partial charge in [0.25, 0.3) is 0 Å². The Hall–Kier alpha value is -1.73. The van der Waals surface area contributed by atoms with E-state index < -0.39 is 0 Å². The van der Waals surface area contributed by atoms with Crippen molar-refractivity contribution in [1.29, 1.82) is 0 Å². The molecule has 1 N–H and O–H groups in total. The van der Waals surface area contributed by atoms with E-state index in [-0.39, 0.29) is 18.0 Å². The van der Waals surface area contributed by atoms with Gasteiger partial charge in [-0.25, -0.2) is 9.67 Å². The van der Waals surface area contributed by atoms with Gasteiger partial charge in [-0.3, -0.25) is 9.69 Å². The van der Waals surface area contributed by atoms with E-state index in [4.69, 9.17) is 0 Å². The smallest absolute Gasteiger partial charge is 0.244 e. The molecule has 0 unspecified atom stereocenters. The van der Waals surface area contributed by atoms with Crippen LogP contribution in [-0.4, -0.2) is 45.2 Å². The number of nitrogens with one attached hydrogen (secondary N) is 1. The molecular weight excluding hydrogens is 298 g/mol. The molecule has 6 nitrogen and oxygen atoms in total. The van der Waals surface area contributed by atoms with Crippen LogP contribution in [0.3, 0.4) is 0 Å². The highest BCUT2D eigenvalue weighted by Gasteiger charge is 2.25. The van der Waals surface area contributed by atoms with Gasteiger partial charge in [0, 0.05) is 11.4 Å². The second-order valence-electron chi connectivity index (χ2n) is 5.57. The average Bonchev–Trinajstić information content (AvgIpc) is 3.27. The van der Waals surface area contributed by atoms with Crippen molar-refractivity contribution in [3.63, 3.8) is 0 Å². The summed E-state index contributed by atoms with van der Waals surface area (Å²) in [5, 5.41) is 9.20. The molecule has 2 aromatic heterocycles. The van der Waals surface area contributed by atoms with Crippen LogP contribution in [0.15, 0.2) is 30.2 Å². The topological polar surface area (TPSA) is 63.1 Å². The van der Waals surface area contributed by atoms with Crippen molar-refractivity contribution >= 4 is 17.2 Å². The van der Waals surface area contributed by atoms with E-state index in [1.165, 1.54) is 24.0 Å². The van der Waals surface area contributed by atoms with Crippen molar-refractivity contribution in [3.8, 4) is 0 Å². The van der Waals surface area contributed by atoms with Crippen molar-refractivity contribution in [1.82, 2.24) is 25.0 Å². The van der Waals surface area contributed by atoms with Crippen LogP contribution in [0.1, 0.15) is 36.7 Å². The fourth-order valence-electron chi connectivity index (χ4n) is 2.83. The normalized spacial score (nSPS) is 18.2. The van der Waals surface area contributed by atoms with Crippen molar-refractivity contribution in [2.75, 3.05) is 19.6 Å². The van der Waals surface area contributed by atoms with Crippen LogP contribution in [0.4, 0.5) is 0 Å². The maximum absolute atomic E-state index is 12.3. The summed E-state index contributed by atoms with van der Waals surface area (Å²) < 4.78 is 1.57. The van der Waals surface area contributed by atoms with Gasteiger partial charge < -0.3 is 5.32 Å². The molecule has 0 aromatic carbocycles. The lowest BCUT2D eigenvalue weighted by atomic mass is 10.2. The summed E-state index contributed by atoms with van der Waals surface area (Å²) in [5.41, 5.74) is 0. The van der Waals surface area contributed by atoms with E-state index in [1.54, 1.807) is 22.3 Å². The molecule has 1 amide bonds. The molecular formula is C15H21N5OS. The minimum absolute atomic E-state index is 0.0220. The van der Waals surface area contributed by atoms with Gasteiger partial charge in [0.1, 0.15) is 18.7 Å². The molecule has 0 aliphatic carbocycles. The number of carbonyl (C=O) groups is 1. The minimum atomic E-state index is -0.343. The van der Waals surface area contributed by atoms with Crippen LogP contribution in [0, 0.1) is 0 Å². The zero-order chi connectivity index (χ0) is 15.4. The Bertz CT molecular complexity index is 577. The first kappa shape index (κ1) is 15.2. The van der Waals surface area contributed by atoms with E-state index in [2.05, 4.69) is 37.8 Å². The molecule has 1 saturated heterocycles. The molecule has 0 spiro atoms. The van der Waals surface area contributed by atoms with Gasteiger partial charge in [-0.05, 0) is 44.3 Å². The van der Waals surface area contributed by atoms with Crippen molar-refractivity contribution in [2.24, 2.45) is 0 Å². The number of rotatable bonds is 6. The lowest BCUT2D eigenvalue weighted by Crippen LogP contribution is -2.39. The summed E-state index contributed by atoms with van der Waals surface area (Å²) in [6, 6.07) is 4.16. The van der Waals surface area contributed by atoms with Crippen LogP contribution in [0.5, 0.6) is 0 Å². The van der Waals surface area contributed by atoms with E-state index in [9.17, 15) is 4.79 Å². The molecule has 1 aliphatic heterocycles. The SMILES string of the molecule is C[C@H](C(=O)NC[C@@H](c1cccs1)N1CCCC1)n1cncn1. The summed E-state index contributed by atoms with van der Waals surface area (Å²) in [5.74, 6) is -0.0220. The Kier molecular flexibility index (Phi) is 4.84. The molecule has 1 fully saturated rings. The third kappa shape index (κ3) is 3.36. The Morgan fingerprint density at radius 3 is 2.91 bits per heavy atom. The number of hydrogen-bond acceptors (Lipinski definition) is 5. The number of amides is 1. The molecule has 0 bridgehead atoms. The standard InChI is InChI=1S/C15H21N5OS/c1-12(20-11-16-10-18-20)15(21)17-9-13(14-5-4-8-22-14)19-6-2-3-7-19/h4-5,8,10-13H,2-3,6-7,9H2,1H3,(H,17,21)/t12-,13+/m1/s1. The van der Waals surface area contributed by atoms with Crippen LogP contribution in [0.2, 0.25) is 0 Å². The van der Waals surface area contributed by atoms with Gasteiger partial charge in [0.2, 0.25) is 5.91 Å². The summed E-state index contributed by atoms with van der Waals surface area (Å²) in [7, 11) is 0. The maximum Gasteiger partial charge on any atom is 0.244 e. The Morgan fingerprint density at radius 2 is 2.27 bits per heavy atom. The first-order valence-corrected chi connectivity index (χ1v) is 8.53. The van der Waals surface area contributed by atoms with Crippen molar-refractivity contribution < 1.29 is 4.79 Å².